The Morgan fingerprint density at radius 3 is 2.20 bits per heavy atom. The van der Waals surface area contributed by atoms with Gasteiger partial charge in [-0.25, -0.2) is 8.42 Å². The van der Waals surface area contributed by atoms with Gasteiger partial charge in [-0.2, -0.15) is 0 Å². The highest BCUT2D eigenvalue weighted by Gasteiger charge is 2.29. The lowest BCUT2D eigenvalue weighted by atomic mass is 10.1. The van der Waals surface area contributed by atoms with Crippen molar-refractivity contribution in [2.75, 3.05) is 6.54 Å². The fourth-order valence-electron chi connectivity index (χ4n) is 2.15. The molecule has 2 aromatic carbocycles. The van der Waals surface area contributed by atoms with Crippen LogP contribution in [0.15, 0.2) is 59.5 Å². The van der Waals surface area contributed by atoms with Crippen molar-refractivity contribution in [2.24, 2.45) is 5.73 Å². The Kier molecular flexibility index (Phi) is 4.81. The van der Waals surface area contributed by atoms with Crippen molar-refractivity contribution in [1.82, 2.24) is 0 Å². The lowest BCUT2D eigenvalue weighted by molar-refractivity contribution is 0.576. The van der Waals surface area contributed by atoms with E-state index in [0.717, 1.165) is 5.56 Å². The minimum absolute atomic E-state index is 0.156. The first-order valence-corrected chi connectivity index (χ1v) is 8.23. The van der Waals surface area contributed by atoms with Crippen LogP contribution in [0, 0.1) is 0 Å². The third kappa shape index (κ3) is 3.03. The van der Waals surface area contributed by atoms with Crippen LogP contribution in [0.5, 0.6) is 0 Å². The van der Waals surface area contributed by atoms with E-state index in [1.54, 1.807) is 30.3 Å². The zero-order valence-electron chi connectivity index (χ0n) is 10.9. The van der Waals surface area contributed by atoms with Crippen LogP contribution < -0.4 is 5.73 Å². The molecule has 0 aliphatic carbocycles. The monoisotopic (exact) mass is 309 g/mol. The molecule has 0 spiro atoms. The number of hydrogen-bond acceptors (Lipinski definition) is 3. The molecule has 1 atom stereocenters. The molecule has 5 heteroatoms. The largest absolute Gasteiger partial charge is 0.330 e. The van der Waals surface area contributed by atoms with Crippen molar-refractivity contribution in [3.05, 3.63) is 65.2 Å². The second-order valence-electron chi connectivity index (χ2n) is 4.45. The fourth-order valence-corrected chi connectivity index (χ4v) is 4.48. The highest BCUT2D eigenvalue weighted by atomic mass is 35.5. The second kappa shape index (κ2) is 6.39. The molecule has 0 saturated carbocycles. The summed E-state index contributed by atoms with van der Waals surface area (Å²) >= 11 is 6.03. The number of hydrogen-bond donors (Lipinski definition) is 1. The Bertz CT molecular complexity index is 671. The molecule has 1 unspecified atom stereocenters. The summed E-state index contributed by atoms with van der Waals surface area (Å²) in [5.74, 6) is 0. The first kappa shape index (κ1) is 15.0. The average molecular weight is 310 g/mol. The molecule has 0 aliphatic rings. The van der Waals surface area contributed by atoms with Crippen LogP contribution in [0.4, 0.5) is 0 Å². The van der Waals surface area contributed by atoms with Crippen LogP contribution in [0.3, 0.4) is 0 Å². The Hall–Kier alpha value is -1.36. The number of sulfone groups is 1. The molecule has 0 heterocycles. The maximum Gasteiger partial charge on any atom is 0.186 e. The minimum Gasteiger partial charge on any atom is -0.330 e. The van der Waals surface area contributed by atoms with Crippen molar-refractivity contribution in [1.29, 1.82) is 0 Å². The number of nitrogens with two attached hydrogens (primary N) is 1. The van der Waals surface area contributed by atoms with Crippen LogP contribution in [0.2, 0.25) is 5.02 Å². The molecule has 0 aliphatic heterocycles. The van der Waals surface area contributed by atoms with Gasteiger partial charge in [0.15, 0.2) is 9.84 Å². The van der Waals surface area contributed by atoms with E-state index in [-0.39, 0.29) is 9.92 Å². The van der Waals surface area contributed by atoms with Gasteiger partial charge in [-0.1, -0.05) is 54.1 Å². The van der Waals surface area contributed by atoms with Gasteiger partial charge in [0.1, 0.15) is 0 Å². The lowest BCUT2D eigenvalue weighted by Gasteiger charge is -2.18. The first-order chi connectivity index (χ1) is 9.57. The summed E-state index contributed by atoms with van der Waals surface area (Å²) in [6.45, 7) is 0.295. The summed E-state index contributed by atoms with van der Waals surface area (Å²) in [4.78, 5) is 0.156. The molecule has 2 rings (SSSR count). The molecule has 0 saturated heterocycles. The van der Waals surface area contributed by atoms with E-state index in [9.17, 15) is 8.42 Å². The van der Waals surface area contributed by atoms with E-state index in [1.807, 2.05) is 18.2 Å². The zero-order valence-corrected chi connectivity index (χ0v) is 12.4. The first-order valence-electron chi connectivity index (χ1n) is 6.31. The van der Waals surface area contributed by atoms with Gasteiger partial charge in [-0.05, 0) is 30.7 Å². The molecule has 0 fully saturated rings. The maximum absolute atomic E-state index is 12.8. The fraction of sp³-hybridized carbons (Fsp3) is 0.200. The molecule has 0 amide bonds. The molecule has 0 radical (unpaired) electrons. The summed E-state index contributed by atoms with van der Waals surface area (Å²) < 4.78 is 25.6. The van der Waals surface area contributed by atoms with Crippen LogP contribution in [-0.2, 0) is 9.84 Å². The summed E-state index contributed by atoms with van der Waals surface area (Å²) in [6.07, 6.45) is 0.359. The number of rotatable bonds is 5. The Labute approximate surface area is 124 Å². The van der Waals surface area contributed by atoms with Crippen molar-refractivity contribution in [3.63, 3.8) is 0 Å². The van der Waals surface area contributed by atoms with Gasteiger partial charge < -0.3 is 5.73 Å². The molecule has 3 nitrogen and oxygen atoms in total. The van der Waals surface area contributed by atoms with Crippen LogP contribution in [-0.4, -0.2) is 15.0 Å². The predicted octanol–water partition coefficient (Wildman–Crippen LogP) is 3.20. The standard InChI is InChI=1S/C15H16ClNO2S/c16-13-8-4-5-9-15(13)20(18,19)14(10-11-17)12-6-2-1-3-7-12/h1-9,14H,10-11,17H2. The maximum atomic E-state index is 12.8. The average Bonchev–Trinajstić information content (AvgIpc) is 2.45. The van der Waals surface area contributed by atoms with Gasteiger partial charge in [0.05, 0.1) is 15.2 Å². The van der Waals surface area contributed by atoms with Crippen LogP contribution >= 0.6 is 11.6 Å². The van der Waals surface area contributed by atoms with Crippen molar-refractivity contribution < 1.29 is 8.42 Å². The summed E-state index contributed by atoms with van der Waals surface area (Å²) in [5.41, 5.74) is 6.32. The summed E-state index contributed by atoms with van der Waals surface area (Å²) in [6, 6.07) is 15.6. The van der Waals surface area contributed by atoms with E-state index in [1.165, 1.54) is 6.07 Å². The third-order valence-corrected chi connectivity index (χ3v) is 5.79. The number of halogens is 1. The number of benzene rings is 2. The molecule has 20 heavy (non-hydrogen) atoms. The molecule has 0 bridgehead atoms. The Balaban J connectivity index is 2.52. The molecule has 2 aromatic rings. The molecular formula is C15H16ClNO2S. The van der Waals surface area contributed by atoms with Gasteiger partial charge in [0.2, 0.25) is 0 Å². The minimum atomic E-state index is -3.56. The topological polar surface area (TPSA) is 60.2 Å². The zero-order chi connectivity index (χ0) is 14.6. The van der Waals surface area contributed by atoms with E-state index >= 15 is 0 Å². The molecule has 2 N–H and O–H groups in total. The van der Waals surface area contributed by atoms with E-state index in [2.05, 4.69) is 0 Å². The third-order valence-electron chi connectivity index (χ3n) is 3.12. The lowest BCUT2D eigenvalue weighted by Crippen LogP contribution is -2.18. The molecular weight excluding hydrogens is 294 g/mol. The van der Waals surface area contributed by atoms with Crippen LogP contribution in [0.25, 0.3) is 0 Å². The van der Waals surface area contributed by atoms with Gasteiger partial charge >= 0.3 is 0 Å². The van der Waals surface area contributed by atoms with Gasteiger partial charge in [-0.3, -0.25) is 0 Å². The van der Waals surface area contributed by atoms with Crippen molar-refractivity contribution >= 4 is 21.4 Å². The Morgan fingerprint density at radius 2 is 1.60 bits per heavy atom. The van der Waals surface area contributed by atoms with Crippen LogP contribution in [0.1, 0.15) is 17.2 Å². The normalized spacial score (nSPS) is 13.1. The highest BCUT2D eigenvalue weighted by Crippen LogP contribution is 2.34. The van der Waals surface area contributed by atoms with E-state index in [4.69, 9.17) is 17.3 Å². The van der Waals surface area contributed by atoms with Gasteiger partial charge in [0.25, 0.3) is 0 Å². The van der Waals surface area contributed by atoms with Crippen molar-refractivity contribution in [3.8, 4) is 0 Å². The SMILES string of the molecule is NCCC(c1ccccc1)S(=O)(=O)c1ccccc1Cl. The van der Waals surface area contributed by atoms with Gasteiger partial charge in [-0.15, -0.1) is 0 Å². The molecule has 106 valence electrons. The van der Waals surface area contributed by atoms with E-state index in [0.29, 0.717) is 13.0 Å². The highest BCUT2D eigenvalue weighted by molar-refractivity contribution is 7.91. The smallest absolute Gasteiger partial charge is 0.186 e. The summed E-state index contributed by atoms with van der Waals surface area (Å²) in [7, 11) is -3.56. The summed E-state index contributed by atoms with van der Waals surface area (Å²) in [5, 5.41) is -0.431. The second-order valence-corrected chi connectivity index (χ2v) is 6.96. The Morgan fingerprint density at radius 1 is 1.00 bits per heavy atom. The van der Waals surface area contributed by atoms with Crippen molar-refractivity contribution in [2.45, 2.75) is 16.6 Å². The molecule has 0 aromatic heterocycles. The predicted molar refractivity (Wildman–Crippen MR) is 81.5 cm³/mol. The van der Waals surface area contributed by atoms with E-state index < -0.39 is 15.1 Å². The van der Waals surface area contributed by atoms with Gasteiger partial charge in [0, 0.05) is 0 Å². The quantitative estimate of drug-likeness (QED) is 0.922.